The number of carbonyl (C=O) groups is 4. The minimum Gasteiger partial charge on any atom is -0.459 e. The summed E-state index contributed by atoms with van der Waals surface area (Å²) in [7, 11) is 3.07. The van der Waals surface area contributed by atoms with Gasteiger partial charge in [0, 0.05) is 14.1 Å². The van der Waals surface area contributed by atoms with E-state index in [-0.39, 0.29) is 13.2 Å². The van der Waals surface area contributed by atoms with Crippen molar-refractivity contribution in [1.29, 1.82) is 0 Å². The number of ether oxygens (including phenoxy) is 4. The number of carbonyl (C=O) groups excluding carboxylic acids is 4. The zero-order valence-corrected chi connectivity index (χ0v) is 30.3. The van der Waals surface area contributed by atoms with E-state index in [0.29, 0.717) is 12.8 Å². The van der Waals surface area contributed by atoms with Crippen LogP contribution in [-0.2, 0) is 41.8 Å². The first kappa shape index (κ1) is 41.4. The second-order valence-electron chi connectivity index (χ2n) is 13.7. The quantitative estimate of drug-likeness (QED) is 0.128. The molecule has 48 heavy (non-hydrogen) atoms. The second-order valence-corrected chi connectivity index (χ2v) is 13.7. The molecule has 0 aliphatic carbocycles. The summed E-state index contributed by atoms with van der Waals surface area (Å²) < 4.78 is 21.4. The summed E-state index contributed by atoms with van der Waals surface area (Å²) in [4.78, 5) is 51.9. The van der Waals surface area contributed by atoms with Crippen LogP contribution < -0.4 is 0 Å². The standard InChI is InChI=1S/2C19H27NO4/c2*1-14(2)12-16(20(6)18(22)24-19(3,4)5)17(21)23-13-15-10-8-7-9-11-15/h2*7-11,16H,1,12-13H2,2-6H3/t2*16-/m00/s1. The minimum absolute atomic E-state index is 0.161. The average molecular weight is 667 g/mol. The Morgan fingerprint density at radius 3 is 1.15 bits per heavy atom. The van der Waals surface area contributed by atoms with Crippen LogP contribution in [0.5, 0.6) is 0 Å². The molecule has 0 N–H and O–H groups in total. The molecule has 0 spiro atoms. The van der Waals surface area contributed by atoms with E-state index in [1.54, 1.807) is 55.4 Å². The van der Waals surface area contributed by atoms with Crippen molar-refractivity contribution in [2.45, 2.75) is 105 Å². The normalized spacial score (nSPS) is 12.2. The molecule has 10 heteroatoms. The highest BCUT2D eigenvalue weighted by atomic mass is 16.6. The Morgan fingerprint density at radius 1 is 0.604 bits per heavy atom. The fourth-order valence-electron chi connectivity index (χ4n) is 3.99. The van der Waals surface area contributed by atoms with Crippen molar-refractivity contribution >= 4 is 24.1 Å². The van der Waals surface area contributed by atoms with Gasteiger partial charge in [-0.3, -0.25) is 9.80 Å². The van der Waals surface area contributed by atoms with Crippen molar-refractivity contribution in [1.82, 2.24) is 9.80 Å². The molecule has 0 radical (unpaired) electrons. The van der Waals surface area contributed by atoms with Crippen molar-refractivity contribution in [2.24, 2.45) is 0 Å². The van der Waals surface area contributed by atoms with E-state index < -0.39 is 47.4 Å². The van der Waals surface area contributed by atoms with Crippen molar-refractivity contribution in [2.75, 3.05) is 14.1 Å². The lowest BCUT2D eigenvalue weighted by molar-refractivity contribution is -0.151. The third kappa shape index (κ3) is 16.8. The van der Waals surface area contributed by atoms with Crippen LogP contribution in [0.2, 0.25) is 0 Å². The molecule has 2 rings (SSSR count). The molecular formula is C38H54N2O8. The molecule has 2 atom stereocenters. The Bertz CT molecular complexity index is 1260. The van der Waals surface area contributed by atoms with Gasteiger partial charge in [-0.05, 0) is 79.4 Å². The van der Waals surface area contributed by atoms with Gasteiger partial charge in [-0.2, -0.15) is 0 Å². The van der Waals surface area contributed by atoms with Crippen LogP contribution in [0.1, 0.15) is 79.4 Å². The highest BCUT2D eigenvalue weighted by molar-refractivity contribution is 5.82. The van der Waals surface area contributed by atoms with E-state index in [1.807, 2.05) is 60.7 Å². The van der Waals surface area contributed by atoms with Gasteiger partial charge in [-0.15, -0.1) is 13.2 Å². The lowest BCUT2D eigenvalue weighted by Crippen LogP contribution is -2.45. The number of amides is 2. The summed E-state index contributed by atoms with van der Waals surface area (Å²) in [5, 5.41) is 0. The first-order valence-corrected chi connectivity index (χ1v) is 15.8. The van der Waals surface area contributed by atoms with Crippen LogP contribution in [0, 0.1) is 0 Å². The summed E-state index contributed by atoms with van der Waals surface area (Å²) in [5.74, 6) is -0.953. The fraction of sp³-hybridized carbons (Fsp3) is 0.474. The van der Waals surface area contributed by atoms with Crippen LogP contribution >= 0.6 is 0 Å². The summed E-state index contributed by atoms with van der Waals surface area (Å²) in [6.45, 7) is 22.3. The van der Waals surface area contributed by atoms with Gasteiger partial charge in [0.05, 0.1) is 0 Å². The molecule has 0 bridgehead atoms. The number of hydrogen-bond donors (Lipinski definition) is 0. The van der Waals surface area contributed by atoms with Gasteiger partial charge in [0.2, 0.25) is 0 Å². The Balaban J connectivity index is 0.000000480. The first-order valence-electron chi connectivity index (χ1n) is 15.8. The molecular weight excluding hydrogens is 612 g/mol. The van der Waals surface area contributed by atoms with Crippen molar-refractivity contribution in [3.05, 3.63) is 96.1 Å². The molecule has 2 aromatic carbocycles. The van der Waals surface area contributed by atoms with Gasteiger partial charge in [0.25, 0.3) is 0 Å². The number of benzene rings is 2. The topological polar surface area (TPSA) is 112 Å². The van der Waals surface area contributed by atoms with Crippen molar-refractivity contribution < 1.29 is 38.1 Å². The highest BCUT2D eigenvalue weighted by Crippen LogP contribution is 2.18. The number of nitrogens with zero attached hydrogens (tertiary/aromatic N) is 2. The molecule has 0 fully saturated rings. The Morgan fingerprint density at radius 2 is 0.896 bits per heavy atom. The summed E-state index contributed by atoms with van der Waals surface area (Å²) in [6, 6.07) is 17.3. The Kier molecular flexibility index (Phi) is 16.6. The van der Waals surface area contributed by atoms with E-state index in [0.717, 1.165) is 22.3 Å². The number of esters is 2. The maximum atomic E-state index is 12.5. The van der Waals surface area contributed by atoms with E-state index in [4.69, 9.17) is 18.9 Å². The lowest BCUT2D eigenvalue weighted by atomic mass is 10.1. The van der Waals surface area contributed by atoms with Gasteiger partial charge in [0.1, 0.15) is 36.5 Å². The van der Waals surface area contributed by atoms with Crippen molar-refractivity contribution in [3.63, 3.8) is 0 Å². The first-order chi connectivity index (χ1) is 22.2. The van der Waals surface area contributed by atoms with E-state index in [9.17, 15) is 19.2 Å². The summed E-state index contributed by atoms with van der Waals surface area (Å²) in [6.07, 6.45) is -0.483. The van der Waals surface area contributed by atoms with E-state index in [1.165, 1.54) is 23.9 Å². The maximum Gasteiger partial charge on any atom is 0.410 e. The summed E-state index contributed by atoms with van der Waals surface area (Å²) >= 11 is 0. The molecule has 2 amide bonds. The van der Waals surface area contributed by atoms with E-state index in [2.05, 4.69) is 13.2 Å². The molecule has 10 nitrogen and oxygen atoms in total. The minimum atomic E-state index is -0.763. The molecule has 0 heterocycles. The zero-order chi connectivity index (χ0) is 36.7. The smallest absolute Gasteiger partial charge is 0.410 e. The van der Waals surface area contributed by atoms with Gasteiger partial charge in [-0.25, -0.2) is 19.2 Å². The maximum absolute atomic E-state index is 12.5. The second kappa shape index (κ2) is 19.3. The molecule has 2 aromatic rings. The third-order valence-corrected chi connectivity index (χ3v) is 6.37. The van der Waals surface area contributed by atoms with Crippen LogP contribution in [0.15, 0.2) is 85.0 Å². The number of rotatable bonds is 12. The van der Waals surface area contributed by atoms with E-state index >= 15 is 0 Å². The highest BCUT2D eigenvalue weighted by Gasteiger charge is 2.32. The number of hydrogen-bond acceptors (Lipinski definition) is 8. The van der Waals surface area contributed by atoms with Gasteiger partial charge < -0.3 is 18.9 Å². The lowest BCUT2D eigenvalue weighted by Gasteiger charge is -2.29. The average Bonchev–Trinajstić information content (AvgIpc) is 2.99. The summed E-state index contributed by atoms with van der Waals surface area (Å²) in [5.41, 5.74) is 2.08. The third-order valence-electron chi connectivity index (χ3n) is 6.37. The van der Waals surface area contributed by atoms with Gasteiger partial charge in [0.15, 0.2) is 0 Å². The largest absolute Gasteiger partial charge is 0.459 e. The van der Waals surface area contributed by atoms with Crippen LogP contribution in [0.3, 0.4) is 0 Å². The van der Waals surface area contributed by atoms with Crippen LogP contribution in [0.4, 0.5) is 9.59 Å². The monoisotopic (exact) mass is 666 g/mol. The van der Waals surface area contributed by atoms with Crippen LogP contribution in [0.25, 0.3) is 0 Å². The molecule has 0 saturated heterocycles. The predicted molar refractivity (Wildman–Crippen MR) is 187 cm³/mol. The predicted octanol–water partition coefficient (Wildman–Crippen LogP) is 7.86. The molecule has 0 saturated carbocycles. The van der Waals surface area contributed by atoms with Gasteiger partial charge in [-0.1, -0.05) is 71.8 Å². The van der Waals surface area contributed by atoms with Gasteiger partial charge >= 0.3 is 24.1 Å². The number of likely N-dealkylation sites (N-methyl/N-ethyl adjacent to an activating group) is 2. The fourth-order valence-corrected chi connectivity index (χ4v) is 3.99. The molecule has 0 aliphatic heterocycles. The Hall–Kier alpha value is -4.60. The van der Waals surface area contributed by atoms with Crippen molar-refractivity contribution in [3.8, 4) is 0 Å². The molecule has 0 aromatic heterocycles. The molecule has 0 aliphatic rings. The van der Waals surface area contributed by atoms with Crippen LogP contribution in [-0.4, -0.2) is 71.3 Å². The molecule has 0 unspecified atom stereocenters. The SMILES string of the molecule is C=C(C)C[C@@H](C(=O)OCc1ccccc1)N(C)C(=O)OC(C)(C)C.C=C(C)C[C@@H](C(=O)OCc1ccccc1)N(C)C(=O)OC(C)(C)C. The zero-order valence-electron chi connectivity index (χ0n) is 30.3. The Labute approximate surface area is 286 Å². The molecule has 264 valence electrons.